The maximum Gasteiger partial charge on any atom is 0.473 e. The van der Waals surface area contributed by atoms with Gasteiger partial charge >= 0.3 is 30.4 Å². The fourth-order valence-corrected chi connectivity index (χ4v) is 5.06. The van der Waals surface area contributed by atoms with E-state index >= 15 is 0 Å². The largest absolute Gasteiger partial charge is 0.494 e. The van der Waals surface area contributed by atoms with Crippen molar-refractivity contribution in [2.24, 2.45) is 9.98 Å². The number of aryl methyl sites for hydroxylation is 2. The Morgan fingerprint density at radius 1 is 0.644 bits per heavy atom. The van der Waals surface area contributed by atoms with Crippen molar-refractivity contribution in [3.8, 4) is 5.75 Å². The number of nitrogens with zero attached hydrogens (tertiary/aromatic N) is 4. The van der Waals surface area contributed by atoms with Crippen LogP contribution in [0.2, 0.25) is 0 Å². The summed E-state index contributed by atoms with van der Waals surface area (Å²) in [5, 5.41) is 15.4. The Morgan fingerprint density at radius 3 is 1.56 bits per heavy atom. The number of guanidine groups is 1. The van der Waals surface area contributed by atoms with Gasteiger partial charge in [-0.15, -0.1) is 0 Å². The Kier molecular flexibility index (Phi) is 19.2. The first kappa shape index (κ1) is 49.8. The van der Waals surface area contributed by atoms with Crippen molar-refractivity contribution in [1.82, 2.24) is 25.1 Å². The fourth-order valence-electron chi connectivity index (χ4n) is 5.06. The van der Waals surface area contributed by atoms with Crippen molar-refractivity contribution >= 4 is 36.0 Å². The van der Waals surface area contributed by atoms with Gasteiger partial charge in [-0.3, -0.25) is 31.1 Å². The zero-order chi connectivity index (χ0) is 44.4. The highest BCUT2D eigenvalue weighted by atomic mass is 19.4. The molecule has 16 nitrogen and oxygen atoms in total. The second-order valence-electron chi connectivity index (χ2n) is 16.6. The highest BCUT2D eigenvalue weighted by Gasteiger charge is 2.39. The first-order valence-corrected chi connectivity index (χ1v) is 19.6. The van der Waals surface area contributed by atoms with Crippen LogP contribution in [0.5, 0.6) is 5.75 Å². The molecule has 1 aromatic carbocycles. The lowest BCUT2D eigenvalue weighted by atomic mass is 10.1. The number of hydrogen-bond donors (Lipinski definition) is 4. The van der Waals surface area contributed by atoms with Gasteiger partial charge in [0.1, 0.15) is 28.4 Å². The Bertz CT molecular complexity index is 1770. The van der Waals surface area contributed by atoms with Crippen molar-refractivity contribution in [3.05, 3.63) is 47.8 Å². The highest BCUT2D eigenvalue weighted by Crippen LogP contribution is 2.17. The summed E-state index contributed by atoms with van der Waals surface area (Å²) in [5.74, 6) is -1.86. The Morgan fingerprint density at radius 2 is 1.08 bits per heavy atom. The minimum absolute atomic E-state index is 0.0834. The molecule has 0 spiro atoms. The third-order valence-corrected chi connectivity index (χ3v) is 7.53. The fraction of sp³-hybridized carbons (Fsp3) is 0.625. The number of alkyl halides is 3. The molecule has 0 aliphatic carbocycles. The molecular formula is C40H61F3N8O8. The normalized spacial score (nSPS) is 12.3. The number of amidine groups is 1. The number of alkyl carbamates (subject to hydrolysis) is 3. The van der Waals surface area contributed by atoms with E-state index in [4.69, 9.17) is 24.4 Å². The minimum Gasteiger partial charge on any atom is -0.494 e. The van der Waals surface area contributed by atoms with E-state index in [1.165, 1.54) is 4.57 Å². The van der Waals surface area contributed by atoms with Gasteiger partial charge in [-0.25, -0.2) is 14.4 Å². The number of carbonyl (C=O) groups is 4. The summed E-state index contributed by atoms with van der Waals surface area (Å²) < 4.78 is 64.1. The number of aromatic nitrogens is 2. The number of rotatable bonds is 16. The lowest BCUT2D eigenvalue weighted by molar-refractivity contribution is -0.169. The molecule has 1 aromatic heterocycles. The summed E-state index contributed by atoms with van der Waals surface area (Å²) >= 11 is 0. The molecule has 0 saturated carbocycles. The summed E-state index contributed by atoms with van der Waals surface area (Å²) in [6.07, 6.45) is 1.46. The number of hydrogen-bond acceptors (Lipinski definition) is 10. The molecule has 59 heavy (non-hydrogen) atoms. The summed E-state index contributed by atoms with van der Waals surface area (Å²) in [4.78, 5) is 56.1. The molecular weight excluding hydrogens is 777 g/mol. The maximum atomic E-state index is 13.2. The van der Waals surface area contributed by atoms with Crippen LogP contribution in [-0.2, 0) is 32.1 Å². The van der Waals surface area contributed by atoms with E-state index in [1.807, 2.05) is 0 Å². The number of benzene rings is 1. The number of ether oxygens (including phenoxy) is 4. The second-order valence-corrected chi connectivity index (χ2v) is 16.6. The minimum atomic E-state index is -5.11. The van der Waals surface area contributed by atoms with Crippen molar-refractivity contribution in [2.45, 2.75) is 150 Å². The smallest absolute Gasteiger partial charge is 0.473 e. The van der Waals surface area contributed by atoms with Crippen LogP contribution in [0.4, 0.5) is 27.6 Å². The van der Waals surface area contributed by atoms with E-state index in [0.29, 0.717) is 63.2 Å². The van der Waals surface area contributed by atoms with Gasteiger partial charge in [-0.05, 0) is 112 Å². The van der Waals surface area contributed by atoms with E-state index in [9.17, 15) is 32.3 Å². The van der Waals surface area contributed by atoms with Gasteiger partial charge in [0.05, 0.1) is 6.61 Å². The molecule has 0 bridgehead atoms. The lowest BCUT2D eigenvalue weighted by Gasteiger charge is -2.22. The van der Waals surface area contributed by atoms with Crippen LogP contribution in [0.3, 0.4) is 0 Å². The lowest BCUT2D eigenvalue weighted by Crippen LogP contribution is -2.47. The van der Waals surface area contributed by atoms with Gasteiger partial charge in [-0.2, -0.15) is 18.2 Å². The SMILES string of the molecule is CC(C)(C)OC(=O)NC(=N)c1ccc(OCCCCn2ccn(CCCCCCCCN=C(NC(=O)OC(C)(C)C)NC(=O)OC(C)(C)C)c2=NC(=O)C(F)(F)F)cc1. The standard InChI is InChI=1S/C40H61F3N8O8/c1-37(2,3)57-34(53)46-30(44)28-18-20-29(21-19-28)56-27-17-16-24-51-26-25-50(33(51)47-31(52)40(41,42)43)23-15-13-11-10-12-14-22-45-32(48-35(54)58-38(4,5)6)49-36(55)59-39(7,8)9/h18-21,25-26H,10-17,22-24,27H2,1-9H3,(H2,44,46,53)(H2,45,48,49,54,55). The molecule has 0 radical (unpaired) electrons. The Labute approximate surface area is 343 Å². The number of unbranched alkanes of at least 4 members (excludes halogenated alkanes) is 6. The molecule has 330 valence electrons. The molecule has 2 aromatic rings. The third-order valence-electron chi connectivity index (χ3n) is 7.53. The van der Waals surface area contributed by atoms with Crippen LogP contribution in [0.15, 0.2) is 46.6 Å². The molecule has 1 heterocycles. The molecule has 0 fully saturated rings. The van der Waals surface area contributed by atoms with Crippen LogP contribution in [0.25, 0.3) is 0 Å². The quantitative estimate of drug-likeness (QED) is 0.0569. The summed E-state index contributed by atoms with van der Waals surface area (Å²) in [6.45, 7) is 16.7. The van der Waals surface area contributed by atoms with Crippen molar-refractivity contribution in [2.75, 3.05) is 13.2 Å². The topological polar surface area (TPSA) is 200 Å². The van der Waals surface area contributed by atoms with Crippen molar-refractivity contribution in [3.63, 3.8) is 0 Å². The van der Waals surface area contributed by atoms with Gasteiger partial charge in [0.15, 0.2) is 0 Å². The summed E-state index contributed by atoms with van der Waals surface area (Å²) in [7, 11) is 0. The van der Waals surface area contributed by atoms with E-state index < -0.39 is 47.2 Å². The second kappa shape index (κ2) is 22.7. The average Bonchev–Trinajstić information content (AvgIpc) is 3.44. The molecule has 19 heteroatoms. The van der Waals surface area contributed by atoms with Gasteiger partial charge in [0.2, 0.25) is 11.6 Å². The third kappa shape index (κ3) is 21.8. The summed E-state index contributed by atoms with van der Waals surface area (Å²) in [6, 6.07) is 6.55. The van der Waals surface area contributed by atoms with E-state index in [0.717, 1.165) is 25.7 Å². The van der Waals surface area contributed by atoms with Crippen molar-refractivity contribution in [1.29, 1.82) is 5.41 Å². The predicted octanol–water partition coefficient (Wildman–Crippen LogP) is 7.73. The number of carbonyl (C=O) groups excluding carboxylic acids is 4. The monoisotopic (exact) mass is 838 g/mol. The zero-order valence-electron chi connectivity index (χ0n) is 35.6. The van der Waals surface area contributed by atoms with E-state index in [2.05, 4.69) is 25.9 Å². The van der Waals surface area contributed by atoms with E-state index in [1.54, 1.807) is 104 Å². The Balaban J connectivity index is 1.86. The van der Waals surface area contributed by atoms with Crippen LogP contribution < -0.4 is 26.3 Å². The zero-order valence-corrected chi connectivity index (χ0v) is 35.6. The van der Waals surface area contributed by atoms with Gasteiger partial charge < -0.3 is 28.1 Å². The van der Waals surface area contributed by atoms with Crippen LogP contribution in [0.1, 0.15) is 119 Å². The molecule has 0 aliphatic heterocycles. The average molecular weight is 839 g/mol. The molecule has 0 unspecified atom stereocenters. The highest BCUT2D eigenvalue weighted by molar-refractivity contribution is 6.04. The number of aliphatic imine (C=N–C) groups is 1. The van der Waals surface area contributed by atoms with Crippen LogP contribution >= 0.6 is 0 Å². The molecule has 2 rings (SSSR count). The first-order valence-electron chi connectivity index (χ1n) is 19.6. The van der Waals surface area contributed by atoms with E-state index in [-0.39, 0.29) is 17.4 Å². The van der Waals surface area contributed by atoms with Crippen LogP contribution in [0, 0.1) is 5.41 Å². The van der Waals surface area contributed by atoms with Gasteiger partial charge in [0, 0.05) is 37.6 Å². The number of imidazole rings is 1. The van der Waals surface area contributed by atoms with Crippen molar-refractivity contribution < 1.29 is 51.3 Å². The molecule has 4 N–H and O–H groups in total. The summed E-state index contributed by atoms with van der Waals surface area (Å²) in [5.41, 5.74) is -1.84. The number of halogens is 3. The molecule has 0 saturated heterocycles. The Hall–Kier alpha value is -5.36. The predicted molar refractivity (Wildman–Crippen MR) is 215 cm³/mol. The first-order chi connectivity index (χ1) is 27.3. The maximum absolute atomic E-state index is 13.2. The number of nitrogens with one attached hydrogen (secondary N) is 4. The molecule has 0 aliphatic rings. The van der Waals surface area contributed by atoms with Gasteiger partial charge in [0.25, 0.3) is 0 Å². The van der Waals surface area contributed by atoms with Gasteiger partial charge in [-0.1, -0.05) is 25.7 Å². The molecule has 4 amide bonds. The number of amides is 4. The molecule has 0 atom stereocenters. The van der Waals surface area contributed by atoms with Crippen LogP contribution in [-0.4, -0.2) is 81.2 Å².